The van der Waals surface area contributed by atoms with Crippen LogP contribution in [-0.4, -0.2) is 88.7 Å². The highest BCUT2D eigenvalue weighted by molar-refractivity contribution is 5.99. The van der Waals surface area contributed by atoms with Gasteiger partial charge >= 0.3 is 11.9 Å². The van der Waals surface area contributed by atoms with E-state index in [2.05, 4.69) is 21.3 Å². The molecule has 3 aromatic rings. The van der Waals surface area contributed by atoms with Crippen molar-refractivity contribution in [2.45, 2.75) is 13.8 Å². The number of aliphatic carboxylic acids is 4. The number of carbonyl (C=O) groups excluding carboxylic acids is 4. The number of benzene rings is 3. The summed E-state index contributed by atoms with van der Waals surface area (Å²) in [6, 6.07) is 30.5. The first kappa shape index (κ1) is 48.3. The highest BCUT2D eigenvalue weighted by atomic mass is 16.4. The Hall–Kier alpha value is -7.10. The van der Waals surface area contributed by atoms with Crippen molar-refractivity contribution in [2.75, 3.05) is 20.8 Å². The van der Waals surface area contributed by atoms with Crippen LogP contribution in [0.4, 0.5) is 0 Å². The molecule has 0 saturated carbocycles. The van der Waals surface area contributed by atoms with E-state index in [0.717, 1.165) is 26.0 Å². The fourth-order valence-corrected chi connectivity index (χ4v) is 2.49. The summed E-state index contributed by atoms with van der Waals surface area (Å²) in [6.45, 7) is 1.92. The van der Waals surface area contributed by atoms with Gasteiger partial charge in [0.1, 0.15) is 0 Å². The Bertz CT molecular complexity index is 1370. The molecule has 0 aliphatic carbocycles. The quantitative estimate of drug-likeness (QED) is 0.124. The molecule has 4 amide bonds. The largest absolute Gasteiger partial charge is 0.481 e. The van der Waals surface area contributed by atoms with Gasteiger partial charge in [-0.15, -0.1) is 0 Å². The first-order valence-corrected chi connectivity index (χ1v) is 14.4. The monoisotopic (exact) mass is 710 g/mol. The molecule has 0 unspecified atom stereocenters. The zero-order valence-corrected chi connectivity index (χ0v) is 28.3. The Morgan fingerprint density at radius 3 is 0.961 bits per heavy atom. The molecule has 0 aliphatic rings. The Kier molecular flexibility index (Phi) is 31.1. The Morgan fingerprint density at radius 1 is 0.490 bits per heavy atom. The fraction of sp³-hybridized carbons (Fsp3) is 0.143. The van der Waals surface area contributed by atoms with Gasteiger partial charge in [0, 0.05) is 63.4 Å². The number of rotatable bonds is 8. The Balaban J connectivity index is -0.000000597. The summed E-state index contributed by atoms with van der Waals surface area (Å²) in [5.41, 5.74) is 0.960. The second kappa shape index (κ2) is 32.8. The van der Waals surface area contributed by atoms with Gasteiger partial charge in [0.05, 0.1) is 6.67 Å². The molecule has 51 heavy (non-hydrogen) atoms. The van der Waals surface area contributed by atoms with Gasteiger partial charge < -0.3 is 41.7 Å². The second-order valence-electron chi connectivity index (χ2n) is 8.69. The van der Waals surface area contributed by atoms with Crippen LogP contribution in [0.2, 0.25) is 0 Å². The summed E-state index contributed by atoms with van der Waals surface area (Å²) < 4.78 is 0. The highest BCUT2D eigenvalue weighted by Crippen LogP contribution is 2.04. The lowest BCUT2D eigenvalue weighted by atomic mass is 10.1. The van der Waals surface area contributed by atoms with Gasteiger partial charge in [-0.1, -0.05) is 78.9 Å². The van der Waals surface area contributed by atoms with Crippen LogP contribution in [0.5, 0.6) is 0 Å². The zero-order valence-electron chi connectivity index (χ0n) is 28.3. The molecule has 0 fully saturated rings. The Labute approximate surface area is 294 Å². The molecule has 0 saturated heterocycles. The average Bonchev–Trinajstić information content (AvgIpc) is 3.11. The van der Waals surface area contributed by atoms with E-state index >= 15 is 0 Å². The summed E-state index contributed by atoms with van der Waals surface area (Å²) in [5, 5.41) is 40.5. The lowest BCUT2D eigenvalue weighted by molar-refractivity contribution is -0.135. The van der Waals surface area contributed by atoms with E-state index in [1.54, 1.807) is 38.4 Å². The van der Waals surface area contributed by atoms with Crippen LogP contribution in [0.1, 0.15) is 34.6 Å². The average molecular weight is 711 g/mol. The number of carboxylic acid groups (broad SMARTS) is 4. The summed E-state index contributed by atoms with van der Waals surface area (Å²) in [5.74, 6) is -6.00. The minimum Gasteiger partial charge on any atom is -0.481 e. The van der Waals surface area contributed by atoms with Crippen LogP contribution in [0.3, 0.4) is 0 Å². The molecule has 16 heteroatoms. The number of nitrogens with one attached hydrogen (secondary N) is 4. The predicted octanol–water partition coefficient (Wildman–Crippen LogP) is 2.42. The third-order valence-electron chi connectivity index (χ3n) is 4.45. The normalized spacial score (nSPS) is 8.86. The van der Waals surface area contributed by atoms with Gasteiger partial charge in [-0.3, -0.25) is 28.8 Å². The molecule has 3 rings (SSSR count). The van der Waals surface area contributed by atoms with Crippen LogP contribution < -0.4 is 21.3 Å². The molecule has 0 bridgehead atoms. The van der Waals surface area contributed by atoms with Crippen molar-refractivity contribution in [3.63, 3.8) is 0 Å². The third kappa shape index (κ3) is 39.0. The fourth-order valence-electron chi connectivity index (χ4n) is 2.49. The maximum absolute atomic E-state index is 11.2. The molecule has 16 nitrogen and oxygen atoms in total. The molecule has 0 aromatic heterocycles. The molecule has 0 aliphatic heterocycles. The maximum atomic E-state index is 11.2. The van der Waals surface area contributed by atoms with Crippen molar-refractivity contribution >= 4 is 47.5 Å². The summed E-state index contributed by atoms with van der Waals surface area (Å²) in [7, 11) is 3.10. The van der Waals surface area contributed by atoms with Crippen LogP contribution in [0.15, 0.2) is 121 Å². The standard InChI is InChI=1S/C10H12N2O2.C9H10N2O6.2C6H6.2C2H4O2/c1-11-9(13)7-4-3-5-8(6-7)10(14)12-2;12-6(1-3-8(14)15)10-5-11-7(13)2-4-9(16)17;2*1-2-4-6-5-3-1;2*1-2(3)4/h3-6H,1-2H3,(H,11,13)(H,12,14);1-4H,5H2,(H,10,12)(H,11,13)(H,14,15)(H,16,17);2*1-6H;2*1H3,(H,3,4)/b;3-1+,4-2+;;;;. The van der Waals surface area contributed by atoms with E-state index in [9.17, 15) is 28.8 Å². The molecule has 0 atom stereocenters. The van der Waals surface area contributed by atoms with Crippen molar-refractivity contribution in [1.29, 1.82) is 0 Å². The SMILES string of the molecule is CC(=O)O.CC(=O)O.CNC(=O)c1cccc(C(=O)NC)c1.O=C(O)/C=C/C(=O)NCNC(=O)/C=C/C(=O)O.c1ccccc1.c1ccccc1. The van der Waals surface area contributed by atoms with Crippen molar-refractivity contribution < 1.29 is 58.8 Å². The summed E-state index contributed by atoms with van der Waals surface area (Å²) in [6.07, 6.45) is 2.84. The van der Waals surface area contributed by atoms with Crippen molar-refractivity contribution in [3.8, 4) is 0 Å². The summed E-state index contributed by atoms with van der Waals surface area (Å²) >= 11 is 0. The third-order valence-corrected chi connectivity index (χ3v) is 4.45. The molecular weight excluding hydrogens is 668 g/mol. The minimum absolute atomic E-state index is 0.198. The van der Waals surface area contributed by atoms with Gasteiger partial charge in [0.15, 0.2) is 0 Å². The van der Waals surface area contributed by atoms with Crippen molar-refractivity contribution in [2.24, 2.45) is 0 Å². The highest BCUT2D eigenvalue weighted by Gasteiger charge is 2.07. The molecule has 0 heterocycles. The number of carbonyl (C=O) groups is 8. The molecule has 0 radical (unpaired) electrons. The summed E-state index contributed by atoms with van der Waals surface area (Å²) in [4.78, 5) is 82.3. The van der Waals surface area contributed by atoms with Gasteiger partial charge in [-0.2, -0.15) is 0 Å². The smallest absolute Gasteiger partial charge is 0.328 e. The van der Waals surface area contributed by atoms with E-state index < -0.39 is 35.7 Å². The van der Waals surface area contributed by atoms with Gasteiger partial charge in [-0.25, -0.2) is 9.59 Å². The topological polar surface area (TPSA) is 266 Å². The van der Waals surface area contributed by atoms with Crippen molar-refractivity contribution in [3.05, 3.63) is 132 Å². The number of hydrogen-bond donors (Lipinski definition) is 8. The number of hydrogen-bond acceptors (Lipinski definition) is 8. The van der Waals surface area contributed by atoms with Crippen LogP contribution >= 0.6 is 0 Å². The Morgan fingerprint density at radius 2 is 0.745 bits per heavy atom. The number of amides is 4. The van der Waals surface area contributed by atoms with E-state index in [1.165, 1.54) is 0 Å². The second-order valence-corrected chi connectivity index (χ2v) is 8.69. The first-order chi connectivity index (χ1) is 24.1. The lowest BCUT2D eigenvalue weighted by Gasteiger charge is -2.02. The van der Waals surface area contributed by atoms with E-state index in [-0.39, 0.29) is 18.5 Å². The first-order valence-electron chi connectivity index (χ1n) is 14.4. The molecule has 274 valence electrons. The van der Waals surface area contributed by atoms with Crippen LogP contribution in [-0.2, 0) is 28.8 Å². The van der Waals surface area contributed by atoms with E-state index in [0.29, 0.717) is 23.3 Å². The van der Waals surface area contributed by atoms with E-state index in [1.807, 2.05) is 72.8 Å². The molecule has 0 spiro atoms. The van der Waals surface area contributed by atoms with Crippen molar-refractivity contribution in [1.82, 2.24) is 21.3 Å². The van der Waals surface area contributed by atoms with E-state index in [4.69, 9.17) is 30.0 Å². The number of carboxylic acids is 4. The van der Waals surface area contributed by atoms with Crippen LogP contribution in [0.25, 0.3) is 0 Å². The maximum Gasteiger partial charge on any atom is 0.328 e. The van der Waals surface area contributed by atoms with Gasteiger partial charge in [0.2, 0.25) is 11.8 Å². The zero-order chi connectivity index (χ0) is 39.5. The van der Waals surface area contributed by atoms with Gasteiger partial charge in [-0.05, 0) is 18.2 Å². The lowest BCUT2D eigenvalue weighted by Crippen LogP contribution is -2.35. The predicted molar refractivity (Wildman–Crippen MR) is 187 cm³/mol. The molecular formula is C35H42N4O12. The molecule has 3 aromatic carbocycles. The van der Waals surface area contributed by atoms with Gasteiger partial charge in [0.25, 0.3) is 23.8 Å². The minimum atomic E-state index is -1.27. The molecule has 8 N–H and O–H groups in total. The van der Waals surface area contributed by atoms with Crippen LogP contribution in [0, 0.1) is 0 Å².